The van der Waals surface area contributed by atoms with Crippen LogP contribution in [0.5, 0.6) is 0 Å². The highest BCUT2D eigenvalue weighted by Gasteiger charge is 2.16. The molecule has 1 fully saturated rings. The zero-order valence-electron chi connectivity index (χ0n) is 13.5. The van der Waals surface area contributed by atoms with Crippen molar-refractivity contribution in [2.45, 2.75) is 6.61 Å². The molecule has 1 aromatic heterocycles. The molecule has 1 aliphatic heterocycles. The van der Waals surface area contributed by atoms with E-state index in [4.69, 9.17) is 4.74 Å². The smallest absolute Gasteiger partial charge is 0.172 e. The largest absolute Gasteiger partial charge is 0.378 e. The second-order valence-electron chi connectivity index (χ2n) is 5.69. The van der Waals surface area contributed by atoms with Crippen LogP contribution in [0.15, 0.2) is 24.3 Å². The molecule has 0 bridgehead atoms. The Hall–Kier alpha value is -2.25. The molecule has 0 atom stereocenters. The van der Waals surface area contributed by atoms with Gasteiger partial charge in [-0.2, -0.15) is 0 Å². The number of hydrogen-bond donors (Lipinski definition) is 0. The van der Waals surface area contributed by atoms with Crippen LogP contribution in [0, 0.1) is 0 Å². The second-order valence-corrected chi connectivity index (χ2v) is 5.69. The van der Waals surface area contributed by atoms with E-state index in [-0.39, 0.29) is 0 Å². The summed E-state index contributed by atoms with van der Waals surface area (Å²) in [4.78, 5) is 15.8. The summed E-state index contributed by atoms with van der Waals surface area (Å²) in [5.74, 6) is 0. The van der Waals surface area contributed by atoms with E-state index in [1.54, 1.807) is 11.8 Å². The second kappa shape index (κ2) is 6.89. The molecule has 0 amide bonds. The van der Waals surface area contributed by atoms with Gasteiger partial charge in [0.25, 0.3) is 0 Å². The summed E-state index contributed by atoms with van der Waals surface area (Å²) >= 11 is 0. The number of likely N-dealkylation sites (N-methyl/N-ethyl adjacent to an activating group) is 1. The van der Waals surface area contributed by atoms with Gasteiger partial charge in [-0.25, -0.2) is 4.68 Å². The number of aldehydes is 1. The fourth-order valence-electron chi connectivity index (χ4n) is 2.75. The third-order valence-corrected chi connectivity index (χ3v) is 4.15. The molecule has 3 rings (SSSR count). The first-order chi connectivity index (χ1) is 11.2. The van der Waals surface area contributed by atoms with Crippen LogP contribution in [0.3, 0.4) is 0 Å². The molecule has 2 aromatic rings. The molecule has 1 aliphatic rings. The molecule has 23 heavy (non-hydrogen) atoms. The molecule has 7 nitrogen and oxygen atoms in total. The molecular weight excluding hydrogens is 294 g/mol. The zero-order chi connectivity index (χ0) is 16.2. The van der Waals surface area contributed by atoms with E-state index in [0.29, 0.717) is 24.3 Å². The van der Waals surface area contributed by atoms with E-state index in [0.717, 1.165) is 31.9 Å². The lowest BCUT2D eigenvalue weighted by Gasteiger charge is -2.34. The van der Waals surface area contributed by atoms with Crippen molar-refractivity contribution in [3.63, 3.8) is 0 Å². The van der Waals surface area contributed by atoms with Gasteiger partial charge < -0.3 is 14.5 Å². The fourth-order valence-corrected chi connectivity index (χ4v) is 2.75. The van der Waals surface area contributed by atoms with Crippen molar-refractivity contribution in [2.75, 3.05) is 45.2 Å². The van der Waals surface area contributed by atoms with Crippen molar-refractivity contribution >= 4 is 12.0 Å². The molecular formula is C16H21N5O2. The summed E-state index contributed by atoms with van der Waals surface area (Å²) in [5, 5.41) is 7.96. The average molecular weight is 315 g/mol. The predicted molar refractivity (Wildman–Crippen MR) is 87.2 cm³/mol. The monoisotopic (exact) mass is 315 g/mol. The van der Waals surface area contributed by atoms with Gasteiger partial charge in [0.15, 0.2) is 12.0 Å². The maximum Gasteiger partial charge on any atom is 0.172 e. The Labute approximate surface area is 135 Å². The first-order valence-corrected chi connectivity index (χ1v) is 7.65. The average Bonchev–Trinajstić information content (AvgIpc) is 2.99. The lowest BCUT2D eigenvalue weighted by Crippen LogP contribution is -2.44. The quantitative estimate of drug-likeness (QED) is 0.767. The minimum atomic E-state index is 0.293. The van der Waals surface area contributed by atoms with Crippen molar-refractivity contribution in [3.8, 4) is 5.69 Å². The Kier molecular flexibility index (Phi) is 4.68. The van der Waals surface area contributed by atoms with Gasteiger partial charge >= 0.3 is 0 Å². The highest BCUT2D eigenvalue weighted by molar-refractivity contribution is 5.73. The number of rotatable bonds is 5. The van der Waals surface area contributed by atoms with Crippen molar-refractivity contribution in [1.82, 2.24) is 19.9 Å². The van der Waals surface area contributed by atoms with Crippen LogP contribution < -0.4 is 4.90 Å². The Morgan fingerprint density at radius 3 is 2.39 bits per heavy atom. The summed E-state index contributed by atoms with van der Waals surface area (Å²) in [7, 11) is 3.73. The highest BCUT2D eigenvalue weighted by atomic mass is 16.5. The molecule has 0 saturated carbocycles. The predicted octanol–water partition coefficient (Wildman–Crippen LogP) is 0.978. The Morgan fingerprint density at radius 2 is 1.78 bits per heavy atom. The number of nitrogens with zero attached hydrogens (tertiary/aromatic N) is 5. The molecule has 122 valence electrons. The molecule has 0 unspecified atom stereocenters. The summed E-state index contributed by atoms with van der Waals surface area (Å²) < 4.78 is 6.80. The summed E-state index contributed by atoms with van der Waals surface area (Å²) in [6.45, 7) is 4.51. The van der Waals surface area contributed by atoms with Crippen molar-refractivity contribution in [1.29, 1.82) is 0 Å². The lowest BCUT2D eigenvalue weighted by molar-refractivity contribution is 0.111. The SMILES string of the molecule is COCc1c(C=O)nnn1-c1ccc(N2CCN(C)CC2)cc1. The maximum absolute atomic E-state index is 11.1. The van der Waals surface area contributed by atoms with Gasteiger partial charge in [-0.3, -0.25) is 4.79 Å². The van der Waals surface area contributed by atoms with Crippen LogP contribution in [0.2, 0.25) is 0 Å². The normalized spacial score (nSPS) is 15.8. The van der Waals surface area contributed by atoms with E-state index < -0.39 is 0 Å². The third kappa shape index (κ3) is 3.25. The van der Waals surface area contributed by atoms with Gasteiger partial charge in [-0.1, -0.05) is 5.21 Å². The number of piperazine rings is 1. The molecule has 0 spiro atoms. The Balaban J connectivity index is 1.82. The number of methoxy groups -OCH3 is 1. The summed E-state index contributed by atoms with van der Waals surface area (Å²) in [6, 6.07) is 8.16. The number of carbonyl (C=O) groups is 1. The first kappa shape index (κ1) is 15.6. The van der Waals surface area contributed by atoms with Gasteiger partial charge in [0.1, 0.15) is 5.69 Å². The number of carbonyl (C=O) groups excluding carboxylic acids is 1. The third-order valence-electron chi connectivity index (χ3n) is 4.15. The van der Waals surface area contributed by atoms with Crippen LogP contribution in [0.25, 0.3) is 5.69 Å². The number of aromatic nitrogens is 3. The van der Waals surface area contributed by atoms with E-state index in [9.17, 15) is 4.79 Å². The molecule has 1 aromatic carbocycles. The number of benzene rings is 1. The van der Waals surface area contributed by atoms with Crippen molar-refractivity contribution in [2.24, 2.45) is 0 Å². The van der Waals surface area contributed by atoms with Gasteiger partial charge in [0.2, 0.25) is 0 Å². The van der Waals surface area contributed by atoms with Gasteiger partial charge in [0, 0.05) is 39.0 Å². The Bertz CT molecular complexity index is 660. The van der Waals surface area contributed by atoms with E-state index in [2.05, 4.69) is 39.3 Å². The van der Waals surface area contributed by atoms with Crippen molar-refractivity contribution in [3.05, 3.63) is 35.7 Å². The molecule has 0 radical (unpaired) electrons. The number of hydrogen-bond acceptors (Lipinski definition) is 6. The molecule has 1 saturated heterocycles. The van der Waals surface area contributed by atoms with Crippen LogP contribution in [-0.4, -0.2) is 66.5 Å². The van der Waals surface area contributed by atoms with Crippen LogP contribution in [-0.2, 0) is 11.3 Å². The topological polar surface area (TPSA) is 63.5 Å². The standard InChI is InChI=1S/C16H21N5O2/c1-19-7-9-20(10-8-19)13-3-5-14(6-4-13)21-16(12-23-2)15(11-22)17-18-21/h3-6,11H,7-10,12H2,1-2H3. The summed E-state index contributed by atoms with van der Waals surface area (Å²) in [5.41, 5.74) is 3.05. The highest BCUT2D eigenvalue weighted by Crippen LogP contribution is 2.20. The molecule has 0 aliphatic carbocycles. The minimum absolute atomic E-state index is 0.293. The molecule has 7 heteroatoms. The first-order valence-electron chi connectivity index (χ1n) is 7.65. The van der Waals surface area contributed by atoms with E-state index in [1.807, 2.05) is 12.1 Å². The lowest BCUT2D eigenvalue weighted by atomic mass is 10.2. The van der Waals surface area contributed by atoms with Gasteiger partial charge in [-0.05, 0) is 31.3 Å². The summed E-state index contributed by atoms with van der Waals surface area (Å²) in [6.07, 6.45) is 0.705. The zero-order valence-corrected chi connectivity index (χ0v) is 13.5. The fraction of sp³-hybridized carbons (Fsp3) is 0.438. The van der Waals surface area contributed by atoms with Gasteiger partial charge in [0.05, 0.1) is 12.3 Å². The van der Waals surface area contributed by atoms with E-state index >= 15 is 0 Å². The van der Waals surface area contributed by atoms with Crippen molar-refractivity contribution < 1.29 is 9.53 Å². The molecule has 0 N–H and O–H groups in total. The molecule has 2 heterocycles. The Morgan fingerprint density at radius 1 is 1.13 bits per heavy atom. The van der Waals surface area contributed by atoms with E-state index in [1.165, 1.54) is 5.69 Å². The van der Waals surface area contributed by atoms with Crippen LogP contribution >= 0.6 is 0 Å². The number of ether oxygens (including phenoxy) is 1. The van der Waals surface area contributed by atoms with Gasteiger partial charge in [-0.15, -0.1) is 5.10 Å². The van der Waals surface area contributed by atoms with Crippen LogP contribution in [0.1, 0.15) is 16.2 Å². The maximum atomic E-state index is 11.1. The minimum Gasteiger partial charge on any atom is -0.378 e. The number of anilines is 1. The van der Waals surface area contributed by atoms with Crippen LogP contribution in [0.4, 0.5) is 5.69 Å².